The van der Waals surface area contributed by atoms with Gasteiger partial charge in [0.2, 0.25) is 6.10 Å². The van der Waals surface area contributed by atoms with Crippen molar-refractivity contribution in [3.63, 3.8) is 0 Å². The lowest BCUT2D eigenvalue weighted by Gasteiger charge is -2.22. The normalized spacial score (nSPS) is 14.1. The van der Waals surface area contributed by atoms with E-state index >= 15 is 0 Å². The third-order valence-electron chi connectivity index (χ3n) is 2.01. The number of aromatic nitrogens is 2. The van der Waals surface area contributed by atoms with E-state index in [4.69, 9.17) is 5.73 Å². The Morgan fingerprint density at radius 1 is 1.15 bits per heavy atom. The number of nitrogens with two attached hydrogens (primary N) is 1. The topological polar surface area (TPSA) is 74.2 Å². The fourth-order valence-corrected chi connectivity index (χ4v) is 1.10. The van der Waals surface area contributed by atoms with Crippen LogP contribution in [-0.2, 0) is 16.9 Å². The molecule has 0 fully saturated rings. The molecule has 0 radical (unpaired) electrons. The zero-order valence-corrected chi connectivity index (χ0v) is 10.3. The highest BCUT2D eigenvalue weighted by molar-refractivity contribution is 4.98. The first kappa shape index (κ1) is 16.7. The molecule has 1 aromatic heterocycles. The van der Waals surface area contributed by atoms with Crippen LogP contribution in [0, 0.1) is 0 Å². The molecular weight excluding hydrogens is 296 g/mol. The largest absolute Gasteiger partial charge is 0.423 e. The Morgan fingerprint density at radius 3 is 2.00 bits per heavy atom. The number of hydrogen-bond donors (Lipinski definition) is 1. The van der Waals surface area contributed by atoms with Crippen molar-refractivity contribution in [2.75, 3.05) is 0 Å². The fraction of sp³-hybridized carbons (Fsp3) is 0.778. The van der Waals surface area contributed by atoms with E-state index in [-0.39, 0.29) is 5.82 Å². The molecule has 0 aliphatic heterocycles. The molecule has 2 N–H and O–H groups in total. The fourth-order valence-electron chi connectivity index (χ4n) is 1.10. The van der Waals surface area contributed by atoms with Crippen LogP contribution in [0.3, 0.4) is 0 Å². The molecule has 20 heavy (non-hydrogen) atoms. The summed E-state index contributed by atoms with van der Waals surface area (Å²) in [6.07, 6.45) is -15.1. The molecule has 0 unspecified atom stereocenters. The summed E-state index contributed by atoms with van der Waals surface area (Å²) in [4.78, 5) is 3.56. The van der Waals surface area contributed by atoms with Gasteiger partial charge in [-0.15, -0.1) is 0 Å². The maximum atomic E-state index is 12.2. The Balaban J connectivity index is 2.77. The van der Waals surface area contributed by atoms with Gasteiger partial charge in [0, 0.05) is 0 Å². The zero-order chi connectivity index (χ0) is 15.8. The van der Waals surface area contributed by atoms with Crippen LogP contribution in [0.15, 0.2) is 4.52 Å². The summed E-state index contributed by atoms with van der Waals surface area (Å²) in [6.45, 7) is 1.83. The molecule has 0 amide bonds. The van der Waals surface area contributed by atoms with Crippen molar-refractivity contribution in [2.24, 2.45) is 5.73 Å². The van der Waals surface area contributed by atoms with Crippen LogP contribution in [0.1, 0.15) is 25.6 Å². The maximum absolute atomic E-state index is 12.2. The zero-order valence-electron chi connectivity index (χ0n) is 10.3. The minimum absolute atomic E-state index is 0.0633. The van der Waals surface area contributed by atoms with Crippen molar-refractivity contribution >= 4 is 0 Å². The van der Waals surface area contributed by atoms with E-state index in [2.05, 4.69) is 19.4 Å². The molecule has 0 bridgehead atoms. The third kappa shape index (κ3) is 4.34. The third-order valence-corrected chi connectivity index (χ3v) is 2.01. The second-order valence-corrected chi connectivity index (χ2v) is 4.51. The molecule has 0 saturated carbocycles. The smallest absolute Gasteiger partial charge is 0.351 e. The molecule has 0 saturated heterocycles. The van der Waals surface area contributed by atoms with E-state index in [0.717, 1.165) is 0 Å². The number of alkyl halides is 6. The van der Waals surface area contributed by atoms with E-state index in [1.54, 1.807) is 0 Å². The molecule has 0 spiro atoms. The quantitative estimate of drug-likeness (QED) is 0.864. The van der Waals surface area contributed by atoms with Gasteiger partial charge in [0.05, 0.1) is 5.54 Å². The van der Waals surface area contributed by atoms with Gasteiger partial charge in [-0.1, -0.05) is 5.16 Å². The standard InChI is InChI=1S/C9H11F6N3O2/c1-7(2,16)6-17-4(20-18-6)3-19-5(8(10,11)12)9(13,14)15/h5H,3,16H2,1-2H3. The maximum Gasteiger partial charge on any atom is 0.423 e. The molecule has 1 heterocycles. The highest BCUT2D eigenvalue weighted by Gasteiger charge is 2.58. The van der Waals surface area contributed by atoms with E-state index in [0.29, 0.717) is 0 Å². The molecule has 0 aliphatic carbocycles. The van der Waals surface area contributed by atoms with Crippen LogP contribution in [0.25, 0.3) is 0 Å². The molecule has 5 nitrogen and oxygen atoms in total. The van der Waals surface area contributed by atoms with Crippen molar-refractivity contribution < 1.29 is 35.6 Å². The average molecular weight is 307 g/mol. The van der Waals surface area contributed by atoms with E-state index in [1.807, 2.05) is 0 Å². The van der Waals surface area contributed by atoms with E-state index in [9.17, 15) is 26.3 Å². The van der Waals surface area contributed by atoms with Crippen LogP contribution < -0.4 is 5.73 Å². The lowest BCUT2D eigenvalue weighted by atomic mass is 10.1. The molecule has 11 heteroatoms. The van der Waals surface area contributed by atoms with Crippen LogP contribution in [-0.4, -0.2) is 28.6 Å². The first-order chi connectivity index (χ1) is 8.82. The van der Waals surface area contributed by atoms with Gasteiger partial charge in [0.15, 0.2) is 5.82 Å². The molecule has 0 atom stereocenters. The number of hydrogen-bond acceptors (Lipinski definition) is 5. The lowest BCUT2D eigenvalue weighted by Crippen LogP contribution is -2.44. The van der Waals surface area contributed by atoms with E-state index in [1.165, 1.54) is 13.8 Å². The summed E-state index contributed by atoms with van der Waals surface area (Å²) in [6, 6.07) is 0. The summed E-state index contributed by atoms with van der Waals surface area (Å²) < 4.78 is 81.4. The van der Waals surface area contributed by atoms with E-state index < -0.39 is 36.5 Å². The number of rotatable bonds is 4. The highest BCUT2D eigenvalue weighted by atomic mass is 19.4. The van der Waals surface area contributed by atoms with Gasteiger partial charge < -0.3 is 15.0 Å². The van der Waals surface area contributed by atoms with Gasteiger partial charge in [-0.2, -0.15) is 31.3 Å². The number of ether oxygens (including phenoxy) is 1. The Hall–Kier alpha value is -1.36. The van der Waals surface area contributed by atoms with Gasteiger partial charge >= 0.3 is 12.4 Å². The second kappa shape index (κ2) is 5.20. The van der Waals surface area contributed by atoms with Crippen molar-refractivity contribution in [1.82, 2.24) is 10.1 Å². The lowest BCUT2D eigenvalue weighted by molar-refractivity contribution is -0.325. The molecule has 1 aromatic rings. The predicted octanol–water partition coefficient (Wildman–Crippen LogP) is 2.27. The van der Waals surface area contributed by atoms with Crippen molar-refractivity contribution in [1.29, 1.82) is 0 Å². The number of halogens is 6. The van der Waals surface area contributed by atoms with Crippen molar-refractivity contribution in [3.05, 3.63) is 11.7 Å². The summed E-state index contributed by atoms with van der Waals surface area (Å²) in [5, 5.41) is 3.34. The van der Waals surface area contributed by atoms with Gasteiger partial charge in [0.25, 0.3) is 5.89 Å². The van der Waals surface area contributed by atoms with Crippen LogP contribution in [0.2, 0.25) is 0 Å². The predicted molar refractivity (Wildman–Crippen MR) is 52.2 cm³/mol. The van der Waals surface area contributed by atoms with Crippen LogP contribution in [0.5, 0.6) is 0 Å². The summed E-state index contributed by atoms with van der Waals surface area (Å²) in [5.41, 5.74) is 4.53. The van der Waals surface area contributed by atoms with Crippen molar-refractivity contribution in [3.8, 4) is 0 Å². The minimum atomic E-state index is -5.59. The summed E-state index contributed by atoms with van der Waals surface area (Å²) >= 11 is 0. The molecular formula is C9H11F6N3O2. The van der Waals surface area contributed by atoms with Gasteiger partial charge in [-0.25, -0.2) is 0 Å². The SMILES string of the molecule is CC(C)(N)c1noc(COC(C(F)(F)F)C(F)(F)F)n1. The summed E-state index contributed by atoms with van der Waals surface area (Å²) in [5.74, 6) is -0.594. The van der Waals surface area contributed by atoms with Gasteiger partial charge in [-0.05, 0) is 13.8 Å². The van der Waals surface area contributed by atoms with Crippen molar-refractivity contribution in [2.45, 2.75) is 44.4 Å². The molecule has 1 rings (SSSR count). The molecule has 116 valence electrons. The Kier molecular flexibility index (Phi) is 4.34. The monoisotopic (exact) mass is 307 g/mol. The van der Waals surface area contributed by atoms with Crippen LogP contribution >= 0.6 is 0 Å². The Bertz CT molecular complexity index is 434. The van der Waals surface area contributed by atoms with Crippen LogP contribution in [0.4, 0.5) is 26.3 Å². The Labute approximate surface area is 109 Å². The first-order valence-corrected chi connectivity index (χ1v) is 5.19. The molecule has 0 aromatic carbocycles. The molecule has 0 aliphatic rings. The van der Waals surface area contributed by atoms with Gasteiger partial charge in [0.1, 0.15) is 6.61 Å². The van der Waals surface area contributed by atoms with Gasteiger partial charge in [-0.3, -0.25) is 0 Å². The second-order valence-electron chi connectivity index (χ2n) is 4.51. The summed E-state index contributed by atoms with van der Waals surface area (Å²) in [7, 11) is 0. The first-order valence-electron chi connectivity index (χ1n) is 5.19. The highest BCUT2D eigenvalue weighted by Crippen LogP contribution is 2.36. The average Bonchev–Trinajstić information content (AvgIpc) is 2.61. The number of nitrogens with zero attached hydrogens (tertiary/aromatic N) is 2. The minimum Gasteiger partial charge on any atom is -0.351 e. The Morgan fingerprint density at radius 2 is 1.65 bits per heavy atom.